The molecule has 140 valence electrons. The molecule has 1 aromatic heterocycles. The van der Waals surface area contributed by atoms with E-state index in [1.54, 1.807) is 6.07 Å². The van der Waals surface area contributed by atoms with E-state index in [1.807, 2.05) is 54.6 Å². The maximum Gasteiger partial charge on any atom is 0.264 e. The summed E-state index contributed by atoms with van der Waals surface area (Å²) in [6.45, 7) is -0.0809. The number of hydrogen-bond donors (Lipinski definition) is 1. The van der Waals surface area contributed by atoms with Gasteiger partial charge in [0.2, 0.25) is 0 Å². The lowest BCUT2D eigenvalue weighted by atomic mass is 10.0. The Bertz CT molecular complexity index is 1110. The average Bonchev–Trinajstić information content (AvgIpc) is 3.09. The van der Waals surface area contributed by atoms with Crippen LogP contribution in [0.15, 0.2) is 72.8 Å². The largest absolute Gasteiger partial charge is 0.483 e. The highest BCUT2D eigenvalue weighted by Gasteiger charge is 2.11. The molecule has 0 spiro atoms. The topological polar surface area (TPSA) is 51.2 Å². The molecule has 0 aliphatic heterocycles. The van der Waals surface area contributed by atoms with Crippen molar-refractivity contribution >= 4 is 44.2 Å². The zero-order valence-corrected chi connectivity index (χ0v) is 16.5. The van der Waals surface area contributed by atoms with Crippen LogP contribution in [0.3, 0.4) is 0 Å². The summed E-state index contributed by atoms with van der Waals surface area (Å²) in [4.78, 5) is 16.7. The number of hydrogen-bond acceptors (Lipinski definition) is 4. The van der Waals surface area contributed by atoms with Gasteiger partial charge in [0.05, 0.1) is 10.2 Å². The highest BCUT2D eigenvalue weighted by molar-refractivity contribution is 7.22. The number of nitrogens with one attached hydrogen (secondary N) is 1. The van der Waals surface area contributed by atoms with Gasteiger partial charge in [-0.1, -0.05) is 71.5 Å². The highest BCUT2D eigenvalue weighted by atomic mass is 35.5. The third-order valence-electron chi connectivity index (χ3n) is 4.17. The van der Waals surface area contributed by atoms with Gasteiger partial charge in [-0.25, -0.2) is 4.98 Å². The van der Waals surface area contributed by atoms with Gasteiger partial charge in [-0.3, -0.25) is 10.1 Å². The summed E-state index contributed by atoms with van der Waals surface area (Å²) in [5.74, 6) is 0.456. The molecule has 4 aromatic rings. The van der Waals surface area contributed by atoms with E-state index in [4.69, 9.17) is 16.3 Å². The molecule has 0 unspecified atom stereocenters. The quantitative estimate of drug-likeness (QED) is 0.454. The predicted molar refractivity (Wildman–Crippen MR) is 114 cm³/mol. The number of nitrogens with zero attached hydrogens (tertiary/aromatic N) is 1. The van der Waals surface area contributed by atoms with E-state index in [2.05, 4.69) is 22.4 Å². The maximum atomic E-state index is 12.3. The molecule has 1 amide bonds. The SMILES string of the molecule is O=C(COc1ccccc1Cc1ccccc1)Nc1nc2ccc(Cl)cc2s1. The molecule has 0 fully saturated rings. The molecule has 1 heterocycles. The summed E-state index contributed by atoms with van der Waals surface area (Å²) in [6.07, 6.45) is 0.747. The predicted octanol–water partition coefficient (Wildman–Crippen LogP) is 5.56. The van der Waals surface area contributed by atoms with Gasteiger partial charge in [-0.15, -0.1) is 0 Å². The Hall–Kier alpha value is -2.89. The summed E-state index contributed by atoms with van der Waals surface area (Å²) in [5, 5.41) is 3.97. The number of anilines is 1. The number of fused-ring (bicyclic) bond motifs is 1. The van der Waals surface area contributed by atoms with Crippen molar-refractivity contribution in [2.45, 2.75) is 6.42 Å². The number of ether oxygens (including phenoxy) is 1. The molecule has 0 atom stereocenters. The normalized spacial score (nSPS) is 10.8. The Labute approximate surface area is 171 Å². The molecule has 0 aliphatic carbocycles. The van der Waals surface area contributed by atoms with Crippen LogP contribution in [-0.2, 0) is 11.2 Å². The number of rotatable bonds is 6. The minimum Gasteiger partial charge on any atom is -0.483 e. The molecule has 0 saturated heterocycles. The van der Waals surface area contributed by atoms with E-state index in [9.17, 15) is 4.79 Å². The summed E-state index contributed by atoms with van der Waals surface area (Å²) in [7, 11) is 0. The molecule has 0 aliphatic rings. The van der Waals surface area contributed by atoms with Crippen molar-refractivity contribution in [3.63, 3.8) is 0 Å². The second-order valence-electron chi connectivity index (χ2n) is 6.24. The van der Waals surface area contributed by atoms with Gasteiger partial charge in [0.15, 0.2) is 11.7 Å². The second-order valence-corrected chi connectivity index (χ2v) is 7.71. The smallest absolute Gasteiger partial charge is 0.264 e. The minimum atomic E-state index is -0.250. The zero-order chi connectivity index (χ0) is 19.3. The first kappa shape index (κ1) is 18.5. The van der Waals surface area contributed by atoms with Crippen LogP contribution in [0.1, 0.15) is 11.1 Å². The van der Waals surface area contributed by atoms with E-state index >= 15 is 0 Å². The molecule has 3 aromatic carbocycles. The van der Waals surface area contributed by atoms with Crippen molar-refractivity contribution in [3.8, 4) is 5.75 Å². The molecule has 28 heavy (non-hydrogen) atoms. The number of thiazole rings is 1. The van der Waals surface area contributed by atoms with Gasteiger partial charge in [0.1, 0.15) is 5.75 Å². The van der Waals surface area contributed by atoms with E-state index in [-0.39, 0.29) is 12.5 Å². The first-order valence-corrected chi connectivity index (χ1v) is 9.97. The van der Waals surface area contributed by atoms with E-state index < -0.39 is 0 Å². The number of benzene rings is 3. The molecular formula is C22H17ClN2O2S. The van der Waals surface area contributed by atoms with Crippen molar-refractivity contribution in [1.29, 1.82) is 0 Å². The molecule has 6 heteroatoms. The van der Waals surface area contributed by atoms with Crippen molar-refractivity contribution in [2.75, 3.05) is 11.9 Å². The van der Waals surface area contributed by atoms with Crippen molar-refractivity contribution in [3.05, 3.63) is 88.9 Å². The number of para-hydroxylation sites is 1. The summed E-state index contributed by atoms with van der Waals surface area (Å²) < 4.78 is 6.71. The molecule has 0 radical (unpaired) electrons. The number of aromatic nitrogens is 1. The molecule has 4 nitrogen and oxygen atoms in total. The van der Waals surface area contributed by atoms with Crippen molar-refractivity contribution in [1.82, 2.24) is 4.98 Å². The lowest BCUT2D eigenvalue weighted by Crippen LogP contribution is -2.20. The lowest BCUT2D eigenvalue weighted by molar-refractivity contribution is -0.118. The molecule has 1 N–H and O–H groups in total. The first-order valence-electron chi connectivity index (χ1n) is 8.78. The Morgan fingerprint density at radius 3 is 2.68 bits per heavy atom. The summed E-state index contributed by atoms with van der Waals surface area (Å²) >= 11 is 7.38. The first-order chi connectivity index (χ1) is 13.7. The molecule has 0 bridgehead atoms. The van der Waals surface area contributed by atoms with Crippen LogP contribution in [0.4, 0.5) is 5.13 Å². The van der Waals surface area contributed by atoms with Gasteiger partial charge < -0.3 is 4.74 Å². The van der Waals surface area contributed by atoms with Crippen LogP contribution in [-0.4, -0.2) is 17.5 Å². The second kappa shape index (κ2) is 8.42. The van der Waals surface area contributed by atoms with Crippen LogP contribution in [0.2, 0.25) is 5.02 Å². The fourth-order valence-electron chi connectivity index (χ4n) is 2.86. The minimum absolute atomic E-state index is 0.0809. The number of amides is 1. The van der Waals surface area contributed by atoms with Crippen LogP contribution >= 0.6 is 22.9 Å². The van der Waals surface area contributed by atoms with E-state index in [0.717, 1.165) is 22.2 Å². The zero-order valence-electron chi connectivity index (χ0n) is 14.9. The Morgan fingerprint density at radius 1 is 1.04 bits per heavy atom. The van der Waals surface area contributed by atoms with Crippen LogP contribution < -0.4 is 10.1 Å². The number of carbonyl (C=O) groups is 1. The van der Waals surface area contributed by atoms with Gasteiger partial charge >= 0.3 is 0 Å². The fourth-order valence-corrected chi connectivity index (χ4v) is 4.02. The third-order valence-corrected chi connectivity index (χ3v) is 5.33. The third kappa shape index (κ3) is 4.50. The lowest BCUT2D eigenvalue weighted by Gasteiger charge is -2.11. The van der Waals surface area contributed by atoms with Crippen LogP contribution in [0.25, 0.3) is 10.2 Å². The Morgan fingerprint density at radius 2 is 1.82 bits per heavy atom. The molecular weight excluding hydrogens is 392 g/mol. The fraction of sp³-hybridized carbons (Fsp3) is 0.0909. The standard InChI is InChI=1S/C22H17ClN2O2S/c23-17-10-11-18-20(13-17)28-22(24-18)25-21(26)14-27-19-9-5-4-8-16(19)12-15-6-2-1-3-7-15/h1-11,13H,12,14H2,(H,24,25,26). The maximum absolute atomic E-state index is 12.3. The Kier molecular flexibility index (Phi) is 5.55. The van der Waals surface area contributed by atoms with E-state index in [1.165, 1.54) is 16.9 Å². The van der Waals surface area contributed by atoms with Crippen LogP contribution in [0, 0.1) is 0 Å². The average molecular weight is 409 g/mol. The summed E-state index contributed by atoms with van der Waals surface area (Å²) in [5.41, 5.74) is 3.03. The highest BCUT2D eigenvalue weighted by Crippen LogP contribution is 2.28. The number of carbonyl (C=O) groups excluding carboxylic acids is 1. The van der Waals surface area contributed by atoms with E-state index in [0.29, 0.717) is 15.9 Å². The van der Waals surface area contributed by atoms with Crippen LogP contribution in [0.5, 0.6) is 5.75 Å². The van der Waals surface area contributed by atoms with Gasteiger partial charge in [0, 0.05) is 11.4 Å². The van der Waals surface area contributed by atoms with Gasteiger partial charge in [0.25, 0.3) is 5.91 Å². The van der Waals surface area contributed by atoms with Crippen molar-refractivity contribution in [2.24, 2.45) is 0 Å². The van der Waals surface area contributed by atoms with Gasteiger partial charge in [-0.05, 0) is 35.4 Å². The Balaban J connectivity index is 1.40. The van der Waals surface area contributed by atoms with Gasteiger partial charge in [-0.2, -0.15) is 0 Å². The number of halogens is 1. The van der Waals surface area contributed by atoms with Crippen molar-refractivity contribution < 1.29 is 9.53 Å². The molecule has 0 saturated carbocycles. The molecule has 4 rings (SSSR count). The summed E-state index contributed by atoms with van der Waals surface area (Å²) in [6, 6.07) is 23.4. The monoisotopic (exact) mass is 408 g/mol.